The Hall–Kier alpha value is -3.05. The van der Waals surface area contributed by atoms with Gasteiger partial charge in [-0.05, 0) is 49.4 Å². The number of fused-ring (bicyclic) bond motifs is 1. The molecule has 0 radical (unpaired) electrons. The van der Waals surface area contributed by atoms with E-state index in [9.17, 15) is 13.3 Å². The Morgan fingerprint density at radius 2 is 1.85 bits per heavy atom. The van der Waals surface area contributed by atoms with Crippen LogP contribution >= 0.6 is 11.6 Å². The third-order valence-corrected chi connectivity index (χ3v) is 6.48. The van der Waals surface area contributed by atoms with Gasteiger partial charge in [0.25, 0.3) is 0 Å². The number of nitrogens with zero attached hydrogens (tertiary/aromatic N) is 5. The van der Waals surface area contributed by atoms with Crippen molar-refractivity contribution in [1.82, 2.24) is 25.3 Å². The fourth-order valence-electron chi connectivity index (χ4n) is 4.33. The molecule has 12 heteroatoms. The molecule has 8 nitrogen and oxygen atoms in total. The molecular weight excluding hydrogens is 473 g/mol. The van der Waals surface area contributed by atoms with Crippen molar-refractivity contribution in [2.75, 3.05) is 31.1 Å². The third kappa shape index (κ3) is 5.20. The number of alkyl halides is 2. The molecule has 3 aromatic heterocycles. The first-order chi connectivity index (χ1) is 16.4. The fraction of sp³-hybridized carbons (Fsp3) is 0.409. The maximum atomic E-state index is 10.7. The standard InChI is InChI=1S/C20H21ClN6.C2HF3O2/c21-17-16-15(3-9-24-17)19(26-18(25-16)14-1-7-22-8-2-14)27-11-5-20(6-12-27)4-10-23-13-20;3-1(4)2(6)7-5/h1-3,7-9,23H,4-6,10-13H2;1H. The molecular formula is C22H22ClF3N6O2. The normalized spacial score (nSPS) is 17.0. The minimum atomic E-state index is -3.37. The summed E-state index contributed by atoms with van der Waals surface area (Å²) >= 11 is 6.39. The summed E-state index contributed by atoms with van der Waals surface area (Å²) in [4.78, 5) is 31.6. The first-order valence-electron chi connectivity index (χ1n) is 10.7. The zero-order valence-electron chi connectivity index (χ0n) is 18.1. The number of carbonyl (C=O) groups is 1. The van der Waals surface area contributed by atoms with Crippen LogP contribution in [-0.2, 0) is 9.74 Å². The number of carbonyl (C=O) groups excluding carboxylic acids is 1. The number of halogens is 4. The topological polar surface area (TPSA) is 93.1 Å². The Morgan fingerprint density at radius 3 is 2.44 bits per heavy atom. The van der Waals surface area contributed by atoms with Gasteiger partial charge in [-0.1, -0.05) is 11.6 Å². The number of aromatic nitrogens is 4. The second-order valence-electron chi connectivity index (χ2n) is 8.22. The lowest BCUT2D eigenvalue weighted by Crippen LogP contribution is -2.41. The number of rotatable bonds is 3. The summed E-state index contributed by atoms with van der Waals surface area (Å²) in [6.45, 7) is 4.29. The summed E-state index contributed by atoms with van der Waals surface area (Å²) in [6.07, 6.45) is 5.53. The van der Waals surface area contributed by atoms with Gasteiger partial charge in [0.15, 0.2) is 11.0 Å². The molecule has 0 bridgehead atoms. The highest BCUT2D eigenvalue weighted by molar-refractivity contribution is 6.34. The molecule has 3 aromatic rings. The molecule has 1 spiro atoms. The van der Waals surface area contributed by atoms with E-state index in [2.05, 4.69) is 25.1 Å². The van der Waals surface area contributed by atoms with E-state index in [1.807, 2.05) is 18.2 Å². The summed E-state index contributed by atoms with van der Waals surface area (Å²) in [5.74, 6) is -0.533. The van der Waals surface area contributed by atoms with Crippen LogP contribution in [0.3, 0.4) is 0 Å². The van der Waals surface area contributed by atoms with E-state index < -0.39 is 12.4 Å². The minimum Gasteiger partial charge on any atom is -0.356 e. The maximum Gasteiger partial charge on any atom is 0.414 e. The highest BCUT2D eigenvalue weighted by Gasteiger charge is 2.37. The predicted molar refractivity (Wildman–Crippen MR) is 120 cm³/mol. The first kappa shape index (κ1) is 24.1. The van der Waals surface area contributed by atoms with E-state index >= 15 is 0 Å². The first-order valence-corrected chi connectivity index (χ1v) is 11.1. The average molecular weight is 495 g/mol. The van der Waals surface area contributed by atoms with Gasteiger partial charge in [-0.3, -0.25) is 4.98 Å². The average Bonchev–Trinajstić information content (AvgIpc) is 3.32. The van der Waals surface area contributed by atoms with Crippen molar-refractivity contribution in [2.45, 2.75) is 25.7 Å². The van der Waals surface area contributed by atoms with Crippen molar-refractivity contribution in [2.24, 2.45) is 5.41 Å². The molecule has 1 N–H and O–H groups in total. The minimum absolute atomic E-state index is 0.417. The van der Waals surface area contributed by atoms with Gasteiger partial charge in [-0.15, -0.1) is 0 Å². The van der Waals surface area contributed by atoms with Crippen molar-refractivity contribution in [3.05, 3.63) is 41.9 Å². The molecule has 2 saturated heterocycles. The van der Waals surface area contributed by atoms with Crippen LogP contribution in [0, 0.1) is 5.41 Å². The Kier molecular flexibility index (Phi) is 7.42. The van der Waals surface area contributed by atoms with Crippen LogP contribution in [0.15, 0.2) is 36.8 Å². The van der Waals surface area contributed by atoms with E-state index in [4.69, 9.17) is 26.4 Å². The van der Waals surface area contributed by atoms with E-state index in [0.717, 1.165) is 42.9 Å². The largest absolute Gasteiger partial charge is 0.414 e. The van der Waals surface area contributed by atoms with Gasteiger partial charge in [0.1, 0.15) is 11.3 Å². The zero-order valence-corrected chi connectivity index (χ0v) is 18.8. The second kappa shape index (κ2) is 10.5. The Morgan fingerprint density at radius 1 is 1.12 bits per heavy atom. The molecule has 2 fully saturated rings. The van der Waals surface area contributed by atoms with Gasteiger partial charge >= 0.3 is 12.4 Å². The van der Waals surface area contributed by atoms with Gasteiger partial charge in [0.05, 0.1) is 0 Å². The van der Waals surface area contributed by atoms with E-state index in [1.165, 1.54) is 19.3 Å². The second-order valence-corrected chi connectivity index (χ2v) is 8.57. The molecule has 180 valence electrons. The molecule has 5 heterocycles. The number of nitrogens with one attached hydrogen (secondary N) is 1. The SMILES string of the molecule is Clc1nccc2c(N3CCC4(CCNC4)CC3)nc(-c3ccncc3)nc12.O=C(OF)C(F)F. The van der Waals surface area contributed by atoms with Crippen molar-refractivity contribution in [3.8, 4) is 11.4 Å². The van der Waals surface area contributed by atoms with Gasteiger partial charge < -0.3 is 10.2 Å². The lowest BCUT2D eigenvalue weighted by atomic mass is 9.78. The molecule has 34 heavy (non-hydrogen) atoms. The number of hydrogen-bond donors (Lipinski definition) is 1. The molecule has 2 aliphatic heterocycles. The number of anilines is 1. The lowest BCUT2D eigenvalue weighted by Gasteiger charge is -2.39. The predicted octanol–water partition coefficient (Wildman–Crippen LogP) is 4.00. The molecule has 5 rings (SSSR count). The van der Waals surface area contributed by atoms with Crippen LogP contribution < -0.4 is 10.2 Å². The van der Waals surface area contributed by atoms with Gasteiger partial charge in [-0.2, -0.15) is 8.78 Å². The monoisotopic (exact) mass is 494 g/mol. The molecule has 0 amide bonds. The lowest BCUT2D eigenvalue weighted by molar-refractivity contribution is -0.196. The third-order valence-electron chi connectivity index (χ3n) is 6.20. The summed E-state index contributed by atoms with van der Waals surface area (Å²) in [7, 11) is 0. The number of hydrogen-bond acceptors (Lipinski definition) is 8. The zero-order chi connectivity index (χ0) is 24.1. The van der Waals surface area contributed by atoms with Crippen LogP contribution in [-0.4, -0.2) is 58.5 Å². The van der Waals surface area contributed by atoms with E-state index in [-0.39, 0.29) is 0 Å². The van der Waals surface area contributed by atoms with E-state index in [0.29, 0.717) is 21.9 Å². The molecule has 0 aliphatic carbocycles. The number of piperidine rings is 1. The molecule has 0 atom stereocenters. The van der Waals surface area contributed by atoms with Crippen molar-refractivity contribution < 1.29 is 23.0 Å². The highest BCUT2D eigenvalue weighted by Crippen LogP contribution is 2.39. The fourth-order valence-corrected chi connectivity index (χ4v) is 4.53. The van der Waals surface area contributed by atoms with Crippen LogP contribution in [0.4, 0.5) is 19.1 Å². The number of pyridine rings is 2. The molecule has 0 aromatic carbocycles. The van der Waals surface area contributed by atoms with Gasteiger partial charge in [-0.25, -0.2) is 24.7 Å². The quantitative estimate of drug-likeness (QED) is 0.546. The Labute approximate surface area is 198 Å². The van der Waals surface area contributed by atoms with Crippen LogP contribution in [0.5, 0.6) is 0 Å². The van der Waals surface area contributed by atoms with Crippen LogP contribution in [0.1, 0.15) is 19.3 Å². The maximum absolute atomic E-state index is 10.7. The highest BCUT2D eigenvalue weighted by atomic mass is 35.5. The summed E-state index contributed by atoms with van der Waals surface area (Å²) < 4.78 is 31.7. The summed E-state index contributed by atoms with van der Waals surface area (Å²) in [5, 5.41) is 4.91. The van der Waals surface area contributed by atoms with E-state index in [1.54, 1.807) is 18.6 Å². The summed E-state index contributed by atoms with van der Waals surface area (Å²) in [6, 6.07) is 5.81. The van der Waals surface area contributed by atoms with Gasteiger partial charge in [0, 0.05) is 53.7 Å². The Balaban J connectivity index is 0.000000344. The smallest absolute Gasteiger partial charge is 0.356 e. The van der Waals surface area contributed by atoms with Crippen LogP contribution in [0.2, 0.25) is 5.15 Å². The molecule has 0 saturated carbocycles. The molecule has 2 aliphatic rings. The Bertz CT molecular complexity index is 1140. The van der Waals surface area contributed by atoms with Crippen molar-refractivity contribution in [3.63, 3.8) is 0 Å². The van der Waals surface area contributed by atoms with Gasteiger partial charge in [0.2, 0.25) is 0 Å². The molecule has 0 unspecified atom stereocenters. The van der Waals surface area contributed by atoms with Crippen LogP contribution in [0.25, 0.3) is 22.3 Å². The van der Waals surface area contributed by atoms with Crippen molar-refractivity contribution >= 4 is 34.3 Å². The summed E-state index contributed by atoms with van der Waals surface area (Å²) in [5.41, 5.74) is 2.10. The van der Waals surface area contributed by atoms with Crippen molar-refractivity contribution in [1.29, 1.82) is 0 Å².